The molecule has 128 valence electrons. The third-order valence-corrected chi connectivity index (χ3v) is 4.08. The minimum atomic E-state index is -0.178. The largest absolute Gasteiger partial charge is 0.497 e. The number of nitrogens with zero attached hydrogens (tertiary/aromatic N) is 3. The molecule has 1 aromatic carbocycles. The van der Waals surface area contributed by atoms with Gasteiger partial charge in [-0.2, -0.15) is 5.10 Å². The Hall–Kier alpha value is -2.67. The van der Waals surface area contributed by atoms with Gasteiger partial charge in [0.25, 0.3) is 5.91 Å². The lowest BCUT2D eigenvalue weighted by Crippen LogP contribution is -2.24. The highest BCUT2D eigenvalue weighted by Gasteiger charge is 2.14. The average Bonchev–Trinajstić information content (AvgIpc) is 3.06. The Kier molecular flexibility index (Phi) is 5.14. The smallest absolute Gasteiger partial charge is 0.253 e. The van der Waals surface area contributed by atoms with Crippen LogP contribution in [0.1, 0.15) is 21.6 Å². The molecule has 0 unspecified atom stereocenters. The van der Waals surface area contributed by atoms with E-state index in [2.05, 4.69) is 31.3 Å². The fraction of sp³-hybridized carbons (Fsp3) is 0.167. The van der Waals surface area contributed by atoms with Gasteiger partial charge in [0.05, 0.1) is 35.2 Å². The molecule has 0 saturated carbocycles. The summed E-state index contributed by atoms with van der Waals surface area (Å²) in [5.41, 5.74) is 2.91. The number of carbonyl (C=O) groups excluding carboxylic acids is 1. The molecule has 0 spiro atoms. The number of pyridine rings is 1. The van der Waals surface area contributed by atoms with Gasteiger partial charge in [0.15, 0.2) is 0 Å². The summed E-state index contributed by atoms with van der Waals surface area (Å²) in [5, 5.41) is 7.17. The first kappa shape index (κ1) is 17.2. The number of nitrogens with one attached hydrogen (secondary N) is 1. The van der Waals surface area contributed by atoms with E-state index in [1.807, 2.05) is 31.2 Å². The third-order valence-electron chi connectivity index (χ3n) is 3.67. The van der Waals surface area contributed by atoms with E-state index in [4.69, 9.17) is 4.74 Å². The molecule has 0 atom stereocenters. The summed E-state index contributed by atoms with van der Waals surface area (Å²) in [7, 11) is 1.62. The Balaban J connectivity index is 1.80. The van der Waals surface area contributed by atoms with Crippen LogP contribution in [0.25, 0.3) is 5.69 Å². The van der Waals surface area contributed by atoms with Gasteiger partial charge >= 0.3 is 0 Å². The zero-order chi connectivity index (χ0) is 17.8. The second-order valence-corrected chi connectivity index (χ2v) is 6.39. The fourth-order valence-corrected chi connectivity index (χ4v) is 2.66. The number of methoxy groups -OCH3 is 1. The van der Waals surface area contributed by atoms with Crippen molar-refractivity contribution in [3.8, 4) is 11.4 Å². The lowest BCUT2D eigenvalue weighted by molar-refractivity contribution is 0.0950. The van der Waals surface area contributed by atoms with Gasteiger partial charge in [0.2, 0.25) is 0 Å². The van der Waals surface area contributed by atoms with Gasteiger partial charge in [0, 0.05) is 18.4 Å². The van der Waals surface area contributed by atoms with Gasteiger partial charge in [-0.3, -0.25) is 9.78 Å². The van der Waals surface area contributed by atoms with Crippen LogP contribution in [0, 0.1) is 6.92 Å². The van der Waals surface area contributed by atoms with E-state index in [-0.39, 0.29) is 5.91 Å². The number of amides is 1. The molecular weight excluding hydrogens is 384 g/mol. The van der Waals surface area contributed by atoms with Gasteiger partial charge in [-0.15, -0.1) is 0 Å². The van der Waals surface area contributed by atoms with E-state index in [9.17, 15) is 4.79 Å². The fourth-order valence-electron chi connectivity index (χ4n) is 2.37. The predicted molar refractivity (Wildman–Crippen MR) is 98.0 cm³/mol. The van der Waals surface area contributed by atoms with Crippen LogP contribution < -0.4 is 10.1 Å². The zero-order valence-electron chi connectivity index (χ0n) is 13.9. The Morgan fingerprint density at radius 2 is 2.04 bits per heavy atom. The van der Waals surface area contributed by atoms with E-state index >= 15 is 0 Å². The minimum Gasteiger partial charge on any atom is -0.497 e. The summed E-state index contributed by atoms with van der Waals surface area (Å²) < 4.78 is 7.59. The number of halogens is 1. The molecule has 0 fully saturated rings. The molecular formula is C18H17BrN4O2. The maximum Gasteiger partial charge on any atom is 0.253 e. The van der Waals surface area contributed by atoms with Crippen LogP contribution in [0.3, 0.4) is 0 Å². The monoisotopic (exact) mass is 400 g/mol. The van der Waals surface area contributed by atoms with Gasteiger partial charge in [-0.1, -0.05) is 12.1 Å². The number of aryl methyl sites for hydroxylation is 1. The van der Waals surface area contributed by atoms with Crippen molar-refractivity contribution in [2.45, 2.75) is 13.5 Å². The second kappa shape index (κ2) is 7.48. The second-order valence-electron chi connectivity index (χ2n) is 5.48. The highest BCUT2D eigenvalue weighted by molar-refractivity contribution is 9.10. The first-order valence-electron chi connectivity index (χ1n) is 7.65. The van der Waals surface area contributed by atoms with Gasteiger partial charge in [-0.25, -0.2) is 4.68 Å². The van der Waals surface area contributed by atoms with Gasteiger partial charge in [-0.05, 0) is 46.6 Å². The number of rotatable bonds is 5. The topological polar surface area (TPSA) is 69.0 Å². The average molecular weight is 401 g/mol. The van der Waals surface area contributed by atoms with Crippen LogP contribution in [0.5, 0.6) is 5.75 Å². The number of aromatic nitrogens is 3. The molecule has 0 bridgehead atoms. The van der Waals surface area contributed by atoms with Crippen molar-refractivity contribution >= 4 is 21.8 Å². The number of hydrogen-bond donors (Lipinski definition) is 1. The maximum absolute atomic E-state index is 12.7. The van der Waals surface area contributed by atoms with E-state index in [0.717, 1.165) is 21.5 Å². The van der Waals surface area contributed by atoms with E-state index in [1.54, 1.807) is 36.4 Å². The Morgan fingerprint density at radius 3 is 2.68 bits per heavy atom. The van der Waals surface area contributed by atoms with Crippen molar-refractivity contribution in [1.82, 2.24) is 20.1 Å². The molecule has 2 heterocycles. The highest BCUT2D eigenvalue weighted by atomic mass is 79.9. The SMILES string of the molecule is COc1ccc(CNC(=O)c2cc(C)ncc2-n2cc(Br)cn2)cc1. The first-order chi connectivity index (χ1) is 12.1. The number of benzene rings is 1. The molecule has 0 radical (unpaired) electrons. The standard InChI is InChI=1S/C18H17BrN4O2/c1-12-7-16(17(10-20-12)23-11-14(19)9-22-23)18(24)21-8-13-3-5-15(25-2)6-4-13/h3-7,9-11H,8H2,1-2H3,(H,21,24). The first-order valence-corrected chi connectivity index (χ1v) is 8.44. The van der Waals surface area contributed by atoms with Crippen LogP contribution in [-0.2, 0) is 6.54 Å². The third kappa shape index (κ3) is 4.06. The quantitative estimate of drug-likeness (QED) is 0.713. The van der Waals surface area contributed by atoms with Crippen molar-refractivity contribution in [3.05, 3.63) is 70.2 Å². The van der Waals surface area contributed by atoms with E-state index in [1.165, 1.54) is 0 Å². The van der Waals surface area contributed by atoms with E-state index < -0.39 is 0 Å². The normalized spacial score (nSPS) is 10.5. The lowest BCUT2D eigenvalue weighted by Gasteiger charge is -2.11. The Morgan fingerprint density at radius 1 is 1.28 bits per heavy atom. The summed E-state index contributed by atoms with van der Waals surface area (Å²) in [6.07, 6.45) is 5.10. The molecule has 3 aromatic rings. The minimum absolute atomic E-state index is 0.178. The molecule has 6 nitrogen and oxygen atoms in total. The van der Waals surface area contributed by atoms with Crippen LogP contribution in [0.2, 0.25) is 0 Å². The summed E-state index contributed by atoms with van der Waals surface area (Å²) in [5.74, 6) is 0.606. The van der Waals surface area contributed by atoms with Crippen LogP contribution in [-0.4, -0.2) is 27.8 Å². The molecule has 0 aliphatic carbocycles. The van der Waals surface area contributed by atoms with Crippen LogP contribution in [0.4, 0.5) is 0 Å². The molecule has 1 amide bonds. The van der Waals surface area contributed by atoms with Crippen LogP contribution in [0.15, 0.2) is 53.4 Å². The predicted octanol–water partition coefficient (Wildman–Crippen LogP) is 3.28. The van der Waals surface area contributed by atoms with Crippen molar-refractivity contribution < 1.29 is 9.53 Å². The van der Waals surface area contributed by atoms with Crippen molar-refractivity contribution in [1.29, 1.82) is 0 Å². The van der Waals surface area contributed by atoms with E-state index in [0.29, 0.717) is 17.8 Å². The lowest BCUT2D eigenvalue weighted by atomic mass is 10.1. The van der Waals surface area contributed by atoms with Crippen molar-refractivity contribution in [2.75, 3.05) is 7.11 Å². The molecule has 7 heteroatoms. The van der Waals surface area contributed by atoms with Gasteiger partial charge < -0.3 is 10.1 Å². The Bertz CT molecular complexity index is 890. The number of hydrogen-bond acceptors (Lipinski definition) is 4. The molecule has 0 aliphatic rings. The van der Waals surface area contributed by atoms with Crippen molar-refractivity contribution in [2.24, 2.45) is 0 Å². The summed E-state index contributed by atoms with van der Waals surface area (Å²) in [6.45, 7) is 2.27. The summed E-state index contributed by atoms with van der Waals surface area (Å²) in [6, 6.07) is 9.33. The number of carbonyl (C=O) groups is 1. The highest BCUT2D eigenvalue weighted by Crippen LogP contribution is 2.17. The van der Waals surface area contributed by atoms with Crippen molar-refractivity contribution in [3.63, 3.8) is 0 Å². The molecule has 1 N–H and O–H groups in total. The molecule has 2 aromatic heterocycles. The maximum atomic E-state index is 12.7. The molecule has 25 heavy (non-hydrogen) atoms. The summed E-state index contributed by atoms with van der Waals surface area (Å²) in [4.78, 5) is 17.0. The molecule has 0 aliphatic heterocycles. The zero-order valence-corrected chi connectivity index (χ0v) is 15.4. The Labute approximate surface area is 154 Å². The van der Waals surface area contributed by atoms with Gasteiger partial charge in [0.1, 0.15) is 5.75 Å². The summed E-state index contributed by atoms with van der Waals surface area (Å²) >= 11 is 3.36. The molecule has 3 rings (SSSR count). The van der Waals surface area contributed by atoms with Crippen LogP contribution >= 0.6 is 15.9 Å². The molecule has 0 saturated heterocycles. The number of ether oxygens (including phenoxy) is 1.